The summed E-state index contributed by atoms with van der Waals surface area (Å²) in [5.41, 5.74) is 0. The lowest BCUT2D eigenvalue weighted by Gasteiger charge is -2.31. The summed E-state index contributed by atoms with van der Waals surface area (Å²) in [6, 6.07) is 0. The first-order chi connectivity index (χ1) is 8.80. The van der Waals surface area contributed by atoms with Crippen LogP contribution in [-0.4, -0.2) is 54.6 Å². The summed E-state index contributed by atoms with van der Waals surface area (Å²) >= 11 is 0. The second-order valence-electron chi connectivity index (χ2n) is 4.59. The standard InChI is InChI=1S/C11H20N2O5S/c1-3-12-10(14)9-4-6-13(7-5-9)19(17,18)8(2)11(15)16/h8-9H,3-7H2,1-2H3,(H,12,14)(H,15,16). The molecule has 0 saturated carbocycles. The van der Waals surface area contributed by atoms with Crippen LogP contribution >= 0.6 is 0 Å². The van der Waals surface area contributed by atoms with Crippen molar-refractivity contribution in [1.82, 2.24) is 9.62 Å². The molecule has 1 saturated heterocycles. The monoisotopic (exact) mass is 292 g/mol. The van der Waals surface area contributed by atoms with Crippen LogP contribution in [0.4, 0.5) is 0 Å². The van der Waals surface area contributed by atoms with E-state index >= 15 is 0 Å². The molecule has 1 atom stereocenters. The number of carboxylic acids is 1. The first kappa shape index (κ1) is 15.9. The van der Waals surface area contributed by atoms with Crippen molar-refractivity contribution in [3.05, 3.63) is 0 Å². The summed E-state index contributed by atoms with van der Waals surface area (Å²) in [6.07, 6.45) is 0.856. The van der Waals surface area contributed by atoms with Gasteiger partial charge in [0.05, 0.1) is 0 Å². The molecule has 0 spiro atoms. The Hall–Kier alpha value is -1.15. The number of carboxylic acid groups (broad SMARTS) is 1. The minimum atomic E-state index is -3.82. The van der Waals surface area contributed by atoms with Gasteiger partial charge in [-0.25, -0.2) is 12.7 Å². The van der Waals surface area contributed by atoms with E-state index in [1.165, 1.54) is 4.31 Å². The largest absolute Gasteiger partial charge is 0.480 e. The summed E-state index contributed by atoms with van der Waals surface area (Å²) in [5, 5.41) is 10.0. The van der Waals surface area contributed by atoms with E-state index < -0.39 is 21.2 Å². The highest BCUT2D eigenvalue weighted by Gasteiger charge is 2.37. The van der Waals surface area contributed by atoms with Crippen LogP contribution in [0.15, 0.2) is 0 Å². The maximum Gasteiger partial charge on any atom is 0.323 e. The predicted molar refractivity (Wildman–Crippen MR) is 69.0 cm³/mol. The number of aliphatic carboxylic acids is 1. The molecular formula is C11H20N2O5S. The quantitative estimate of drug-likeness (QED) is 0.720. The lowest BCUT2D eigenvalue weighted by molar-refractivity contribution is -0.136. The number of carbonyl (C=O) groups is 2. The second-order valence-corrected chi connectivity index (χ2v) is 6.85. The number of hydrogen-bond donors (Lipinski definition) is 2. The number of amides is 1. The first-order valence-electron chi connectivity index (χ1n) is 6.30. The van der Waals surface area contributed by atoms with Crippen LogP contribution < -0.4 is 5.32 Å². The van der Waals surface area contributed by atoms with E-state index in [1.807, 2.05) is 6.92 Å². The summed E-state index contributed by atoms with van der Waals surface area (Å²) in [7, 11) is -3.82. The van der Waals surface area contributed by atoms with Gasteiger partial charge in [-0.2, -0.15) is 0 Å². The van der Waals surface area contributed by atoms with Crippen molar-refractivity contribution in [3.8, 4) is 0 Å². The highest BCUT2D eigenvalue weighted by atomic mass is 32.2. The molecule has 19 heavy (non-hydrogen) atoms. The Morgan fingerprint density at radius 3 is 2.32 bits per heavy atom. The fourth-order valence-corrected chi connectivity index (χ4v) is 3.46. The molecule has 7 nitrogen and oxygen atoms in total. The van der Waals surface area contributed by atoms with Gasteiger partial charge < -0.3 is 10.4 Å². The van der Waals surface area contributed by atoms with E-state index in [9.17, 15) is 18.0 Å². The second kappa shape index (κ2) is 6.33. The number of nitrogens with zero attached hydrogens (tertiary/aromatic N) is 1. The summed E-state index contributed by atoms with van der Waals surface area (Å²) < 4.78 is 25.1. The third-order valence-corrected chi connectivity index (χ3v) is 5.51. The molecule has 1 aliphatic rings. The van der Waals surface area contributed by atoms with Crippen LogP contribution in [0.5, 0.6) is 0 Å². The van der Waals surface area contributed by atoms with Crippen molar-refractivity contribution >= 4 is 21.9 Å². The van der Waals surface area contributed by atoms with Gasteiger partial charge in [-0.05, 0) is 26.7 Å². The van der Waals surface area contributed by atoms with Gasteiger partial charge in [0, 0.05) is 25.6 Å². The van der Waals surface area contributed by atoms with E-state index in [4.69, 9.17) is 5.11 Å². The van der Waals surface area contributed by atoms with E-state index in [-0.39, 0.29) is 24.9 Å². The fourth-order valence-electron chi connectivity index (χ4n) is 2.04. The Bertz CT molecular complexity index is 440. The Morgan fingerprint density at radius 2 is 1.89 bits per heavy atom. The number of sulfonamides is 1. The van der Waals surface area contributed by atoms with E-state index in [0.29, 0.717) is 19.4 Å². The van der Waals surface area contributed by atoms with E-state index in [0.717, 1.165) is 6.92 Å². The lowest BCUT2D eigenvalue weighted by atomic mass is 9.97. The van der Waals surface area contributed by atoms with Gasteiger partial charge in [0.25, 0.3) is 0 Å². The molecule has 1 heterocycles. The molecule has 110 valence electrons. The van der Waals surface area contributed by atoms with Crippen molar-refractivity contribution < 1.29 is 23.1 Å². The Labute approximate surface area is 113 Å². The van der Waals surface area contributed by atoms with E-state index in [1.54, 1.807) is 0 Å². The van der Waals surface area contributed by atoms with E-state index in [2.05, 4.69) is 5.32 Å². The average molecular weight is 292 g/mol. The number of rotatable bonds is 5. The van der Waals surface area contributed by atoms with Gasteiger partial charge in [-0.15, -0.1) is 0 Å². The SMILES string of the molecule is CCNC(=O)C1CCN(S(=O)(=O)C(C)C(=O)O)CC1. The molecule has 0 radical (unpaired) electrons. The van der Waals surface area contributed by atoms with Gasteiger partial charge in [0.2, 0.25) is 15.9 Å². The smallest absolute Gasteiger partial charge is 0.323 e. The maximum absolute atomic E-state index is 12.0. The molecule has 1 aliphatic heterocycles. The average Bonchev–Trinajstić information content (AvgIpc) is 2.38. The van der Waals surface area contributed by atoms with Crippen LogP contribution in [0, 0.1) is 5.92 Å². The number of nitrogens with one attached hydrogen (secondary N) is 1. The molecule has 1 fully saturated rings. The van der Waals surface area contributed by atoms with Crippen molar-refractivity contribution in [1.29, 1.82) is 0 Å². The van der Waals surface area contributed by atoms with Gasteiger partial charge in [0.15, 0.2) is 5.25 Å². The van der Waals surface area contributed by atoms with Gasteiger partial charge in [-0.1, -0.05) is 0 Å². The molecule has 1 unspecified atom stereocenters. The fraction of sp³-hybridized carbons (Fsp3) is 0.818. The third kappa shape index (κ3) is 3.66. The Morgan fingerprint density at radius 1 is 1.37 bits per heavy atom. The molecule has 1 rings (SSSR count). The number of piperidine rings is 1. The maximum atomic E-state index is 12.0. The minimum Gasteiger partial charge on any atom is -0.480 e. The van der Waals surface area contributed by atoms with Crippen LogP contribution in [0.1, 0.15) is 26.7 Å². The summed E-state index contributed by atoms with van der Waals surface area (Å²) in [4.78, 5) is 22.4. The third-order valence-electron chi connectivity index (χ3n) is 3.33. The zero-order valence-electron chi connectivity index (χ0n) is 11.1. The van der Waals surface area contributed by atoms with Crippen molar-refractivity contribution in [2.24, 2.45) is 5.92 Å². The van der Waals surface area contributed by atoms with Crippen molar-refractivity contribution in [3.63, 3.8) is 0 Å². The van der Waals surface area contributed by atoms with Crippen LogP contribution in [0.25, 0.3) is 0 Å². The Balaban J connectivity index is 2.63. The van der Waals surface area contributed by atoms with Gasteiger partial charge in [-0.3, -0.25) is 9.59 Å². The first-order valence-corrected chi connectivity index (χ1v) is 7.80. The van der Waals surface area contributed by atoms with Crippen molar-refractivity contribution in [2.75, 3.05) is 19.6 Å². The Kier molecular flexibility index (Phi) is 5.30. The normalized spacial score (nSPS) is 19.9. The molecule has 8 heteroatoms. The van der Waals surface area contributed by atoms with Gasteiger partial charge >= 0.3 is 5.97 Å². The van der Waals surface area contributed by atoms with Gasteiger partial charge in [0.1, 0.15) is 0 Å². The molecular weight excluding hydrogens is 272 g/mol. The minimum absolute atomic E-state index is 0.0640. The molecule has 2 N–H and O–H groups in total. The lowest BCUT2D eigenvalue weighted by Crippen LogP contribution is -2.47. The molecule has 1 amide bonds. The topological polar surface area (TPSA) is 104 Å². The van der Waals surface area contributed by atoms with Crippen molar-refractivity contribution in [2.45, 2.75) is 31.9 Å². The predicted octanol–water partition coefficient (Wildman–Crippen LogP) is -0.363. The number of hydrogen-bond acceptors (Lipinski definition) is 4. The number of carbonyl (C=O) groups excluding carboxylic acids is 1. The molecule has 0 aromatic heterocycles. The summed E-state index contributed by atoms with van der Waals surface area (Å²) in [5.74, 6) is -1.61. The highest BCUT2D eigenvalue weighted by Crippen LogP contribution is 2.21. The zero-order chi connectivity index (χ0) is 14.6. The molecule has 0 aromatic carbocycles. The van der Waals surface area contributed by atoms with Crippen LogP contribution in [0.2, 0.25) is 0 Å². The molecule has 0 aliphatic carbocycles. The van der Waals surface area contributed by atoms with Crippen LogP contribution in [-0.2, 0) is 19.6 Å². The highest BCUT2D eigenvalue weighted by molar-refractivity contribution is 7.90. The molecule has 0 bridgehead atoms. The summed E-state index contributed by atoms with van der Waals surface area (Å²) in [6.45, 7) is 3.93. The zero-order valence-corrected chi connectivity index (χ0v) is 11.9. The molecule has 0 aromatic rings. The van der Waals surface area contributed by atoms with Crippen LogP contribution in [0.3, 0.4) is 0 Å².